The molecule has 0 saturated carbocycles. The van der Waals surface area contributed by atoms with Crippen LogP contribution in [0.15, 0.2) is 69.4 Å². The Bertz CT molecular complexity index is 1330. The molecule has 0 saturated heterocycles. The van der Waals surface area contributed by atoms with Crippen LogP contribution in [0.1, 0.15) is 5.56 Å². The van der Waals surface area contributed by atoms with Crippen molar-refractivity contribution < 1.29 is 13.0 Å². The van der Waals surface area contributed by atoms with Crippen molar-refractivity contribution in [2.75, 3.05) is 0 Å². The smallest absolute Gasteiger partial charge is 0.282 e. The first-order valence-corrected chi connectivity index (χ1v) is 10.7. The van der Waals surface area contributed by atoms with Gasteiger partial charge in [0.25, 0.3) is 10.1 Å². The minimum absolute atomic E-state index is 0.138. The number of benzene rings is 3. The average Bonchev–Trinajstić information content (AvgIpc) is 2.59. The maximum absolute atomic E-state index is 11.6. The van der Waals surface area contributed by atoms with Crippen molar-refractivity contribution in [3.05, 3.63) is 65.5 Å². The molecule has 2 aliphatic rings. The summed E-state index contributed by atoms with van der Waals surface area (Å²) in [6, 6.07) is 15.9. The second-order valence-corrected chi connectivity index (χ2v) is 9.07. The van der Waals surface area contributed by atoms with Crippen molar-refractivity contribution >= 4 is 50.0 Å². The molecule has 0 radical (unpaired) electrons. The summed E-state index contributed by atoms with van der Waals surface area (Å²) in [5.74, 6) is 0. The van der Waals surface area contributed by atoms with E-state index in [9.17, 15) is 13.0 Å². The van der Waals surface area contributed by atoms with Crippen LogP contribution in [0, 0.1) is 6.92 Å². The summed E-state index contributed by atoms with van der Waals surface area (Å²) in [4.78, 5) is 10.3. The Hall–Kier alpha value is -2.26. The number of aromatic nitrogens is 1. The molecule has 0 aromatic heterocycles. The molecule has 4 rings (SSSR count). The quantitative estimate of drug-likeness (QED) is 0.288. The first kappa shape index (κ1) is 18.1. The molecular weight excluding hydrogens is 400 g/mol. The molecule has 2 aromatic rings. The second kappa shape index (κ2) is 6.72. The van der Waals surface area contributed by atoms with Crippen LogP contribution in [0.2, 0.25) is 0 Å². The average molecular weight is 415 g/mol. The van der Waals surface area contributed by atoms with Crippen LogP contribution in [0.3, 0.4) is 0 Å². The van der Waals surface area contributed by atoms with Crippen LogP contribution in [-0.4, -0.2) is 18.0 Å². The van der Waals surface area contributed by atoms with Gasteiger partial charge in [-0.05, 0) is 61.0 Å². The molecule has 27 heavy (non-hydrogen) atoms. The third-order valence-electron chi connectivity index (χ3n) is 3.99. The number of thiol groups is 1. The Kier molecular flexibility index (Phi) is 4.51. The number of rotatable bonds is 2. The van der Waals surface area contributed by atoms with E-state index in [1.54, 1.807) is 17.4 Å². The summed E-state index contributed by atoms with van der Waals surface area (Å²) in [6.45, 7) is 2.03. The van der Waals surface area contributed by atoms with Crippen molar-refractivity contribution in [1.29, 1.82) is 0 Å². The van der Waals surface area contributed by atoms with E-state index in [2.05, 4.69) is 22.6 Å². The molecule has 1 aliphatic carbocycles. The molecule has 2 aromatic carbocycles. The zero-order chi connectivity index (χ0) is 19.2. The first-order valence-electron chi connectivity index (χ1n) is 7.96. The van der Waals surface area contributed by atoms with Gasteiger partial charge in [0.2, 0.25) is 0 Å². The SMILES string of the molecule is Cc1ccc2sc3c/c(=N\c4cc(S)ccc4S(=O)(=O)O)ccc-3nc2c1. The molecule has 136 valence electrons. The molecule has 8 heteroatoms. The van der Waals surface area contributed by atoms with Gasteiger partial charge in [-0.2, -0.15) is 8.42 Å². The number of nitrogens with zero attached hydrogens (tertiary/aromatic N) is 2. The minimum Gasteiger partial charge on any atom is -0.282 e. The van der Waals surface area contributed by atoms with Crippen molar-refractivity contribution in [2.24, 2.45) is 4.99 Å². The number of aryl methyl sites for hydroxylation is 1. The Morgan fingerprint density at radius 2 is 1.89 bits per heavy atom. The van der Waals surface area contributed by atoms with Gasteiger partial charge in [0.05, 0.1) is 31.8 Å². The normalized spacial score (nSPS) is 12.8. The van der Waals surface area contributed by atoms with E-state index in [0.717, 1.165) is 26.4 Å². The van der Waals surface area contributed by atoms with Crippen molar-refractivity contribution in [2.45, 2.75) is 16.7 Å². The van der Waals surface area contributed by atoms with E-state index >= 15 is 0 Å². The summed E-state index contributed by atoms with van der Waals surface area (Å²) in [5, 5.41) is 0.566. The number of hydrogen-bond acceptors (Lipinski definition) is 6. The van der Waals surface area contributed by atoms with E-state index in [1.807, 2.05) is 37.3 Å². The summed E-state index contributed by atoms with van der Waals surface area (Å²) >= 11 is 5.82. The van der Waals surface area contributed by atoms with Gasteiger partial charge in [-0.1, -0.05) is 6.07 Å². The van der Waals surface area contributed by atoms with Gasteiger partial charge in [0, 0.05) is 4.90 Å². The van der Waals surface area contributed by atoms with Gasteiger partial charge in [-0.3, -0.25) is 4.55 Å². The minimum atomic E-state index is -4.38. The van der Waals surface area contributed by atoms with E-state index < -0.39 is 10.1 Å². The third kappa shape index (κ3) is 3.74. The highest BCUT2D eigenvalue weighted by molar-refractivity contribution is 7.86. The maximum atomic E-state index is 11.6. The van der Waals surface area contributed by atoms with Crippen LogP contribution in [0.5, 0.6) is 0 Å². The van der Waals surface area contributed by atoms with E-state index in [1.165, 1.54) is 18.2 Å². The van der Waals surface area contributed by atoms with Gasteiger partial charge in [0.15, 0.2) is 0 Å². The molecule has 0 atom stereocenters. The van der Waals surface area contributed by atoms with Crippen molar-refractivity contribution in [3.8, 4) is 10.6 Å². The molecule has 1 N–H and O–H groups in total. The molecule has 1 aliphatic heterocycles. The largest absolute Gasteiger partial charge is 0.296 e. The molecule has 0 fully saturated rings. The van der Waals surface area contributed by atoms with Gasteiger partial charge < -0.3 is 0 Å². The Balaban J connectivity index is 1.93. The van der Waals surface area contributed by atoms with Gasteiger partial charge in [-0.15, -0.1) is 24.0 Å². The highest BCUT2D eigenvalue weighted by Crippen LogP contribution is 2.30. The summed E-state index contributed by atoms with van der Waals surface area (Å²) in [5.41, 5.74) is 3.07. The monoisotopic (exact) mass is 414 g/mol. The lowest BCUT2D eigenvalue weighted by molar-refractivity contribution is 0.483. The maximum Gasteiger partial charge on any atom is 0.296 e. The van der Waals surface area contributed by atoms with Crippen LogP contribution in [0.25, 0.3) is 20.8 Å². The van der Waals surface area contributed by atoms with Crippen molar-refractivity contribution in [3.63, 3.8) is 0 Å². The number of hydrogen-bond donors (Lipinski definition) is 2. The highest BCUT2D eigenvalue weighted by Gasteiger charge is 2.15. The lowest BCUT2D eigenvalue weighted by Gasteiger charge is -2.07. The number of fused-ring (bicyclic) bond motifs is 2. The Labute approximate surface area is 165 Å². The molecular formula is C19H14N2O3S3. The van der Waals surface area contributed by atoms with Gasteiger partial charge in [0.1, 0.15) is 4.90 Å². The predicted molar refractivity (Wildman–Crippen MR) is 110 cm³/mol. The fourth-order valence-electron chi connectivity index (χ4n) is 2.75. The van der Waals surface area contributed by atoms with E-state index in [4.69, 9.17) is 0 Å². The first-order chi connectivity index (χ1) is 12.8. The molecule has 0 spiro atoms. The molecule has 0 amide bonds. The predicted octanol–water partition coefficient (Wildman–Crippen LogP) is 4.48. The zero-order valence-corrected chi connectivity index (χ0v) is 16.6. The molecule has 0 bridgehead atoms. The van der Waals surface area contributed by atoms with E-state index in [0.29, 0.717) is 10.3 Å². The lowest BCUT2D eigenvalue weighted by Crippen LogP contribution is -2.03. The fraction of sp³-hybridized carbons (Fsp3) is 0.0526. The molecule has 1 heterocycles. The standard InChI is InChI=1S/C19H14N2O3S3/c1-11-2-6-17-15(8-11)21-14-5-3-12(9-18(14)26-17)20-16-10-13(25)4-7-19(16)27(22,23)24/h2-10,25H,1H3,(H,22,23,24)/b20-12-. The lowest BCUT2D eigenvalue weighted by atomic mass is 10.2. The molecule has 5 nitrogen and oxygen atoms in total. The molecule has 0 unspecified atom stereocenters. The second-order valence-electron chi connectivity index (χ2n) is 6.08. The van der Waals surface area contributed by atoms with Crippen LogP contribution in [-0.2, 0) is 10.1 Å². The Morgan fingerprint density at radius 3 is 2.67 bits per heavy atom. The van der Waals surface area contributed by atoms with Crippen molar-refractivity contribution in [1.82, 2.24) is 4.98 Å². The van der Waals surface area contributed by atoms with Crippen LogP contribution < -0.4 is 5.36 Å². The topological polar surface area (TPSA) is 79.6 Å². The summed E-state index contributed by atoms with van der Waals surface area (Å²) in [7, 11) is -4.38. The van der Waals surface area contributed by atoms with Crippen LogP contribution in [0.4, 0.5) is 5.69 Å². The summed E-state index contributed by atoms with van der Waals surface area (Å²) < 4.78 is 33.7. The third-order valence-corrected chi connectivity index (χ3v) is 6.28. The van der Waals surface area contributed by atoms with Gasteiger partial charge >= 0.3 is 0 Å². The zero-order valence-electron chi connectivity index (χ0n) is 14.1. The summed E-state index contributed by atoms with van der Waals surface area (Å²) in [6.07, 6.45) is 0. The highest BCUT2D eigenvalue weighted by atomic mass is 32.2. The fourth-order valence-corrected chi connectivity index (χ4v) is 4.53. The van der Waals surface area contributed by atoms with Gasteiger partial charge in [-0.25, -0.2) is 9.98 Å². The van der Waals surface area contributed by atoms with E-state index in [-0.39, 0.29) is 10.6 Å². The Morgan fingerprint density at radius 1 is 1.07 bits per heavy atom. The van der Waals surface area contributed by atoms with Crippen LogP contribution >= 0.6 is 24.0 Å².